The van der Waals surface area contributed by atoms with Gasteiger partial charge >= 0.3 is 5.69 Å². The van der Waals surface area contributed by atoms with Crippen molar-refractivity contribution in [3.8, 4) is 5.69 Å². The first-order valence-corrected chi connectivity index (χ1v) is 9.61. The van der Waals surface area contributed by atoms with Gasteiger partial charge in [0.15, 0.2) is 0 Å². The molecule has 0 saturated carbocycles. The molecular weight excluding hydrogens is 374 g/mol. The number of carbonyl (C=O) groups excluding carboxylic acids is 1. The molecule has 2 heterocycles. The van der Waals surface area contributed by atoms with Crippen molar-refractivity contribution in [2.45, 2.75) is 13.0 Å². The fraction of sp³-hybridized carbons (Fsp3) is 0.0952. The number of nitrogens with one attached hydrogen (secondary N) is 2. The van der Waals surface area contributed by atoms with Crippen molar-refractivity contribution in [2.75, 3.05) is 0 Å². The molecular formula is C21H17N3O3S. The number of rotatable bonds is 4. The van der Waals surface area contributed by atoms with Crippen LogP contribution in [-0.4, -0.2) is 15.5 Å². The van der Waals surface area contributed by atoms with Crippen LogP contribution in [0.4, 0.5) is 0 Å². The third-order valence-corrected chi connectivity index (χ3v) is 5.55. The zero-order valence-corrected chi connectivity index (χ0v) is 15.8. The first kappa shape index (κ1) is 17.9. The molecule has 0 spiro atoms. The second kappa shape index (κ2) is 7.28. The Hall–Kier alpha value is -3.45. The smallest absolute Gasteiger partial charge is 0.333 e. The molecule has 140 valence electrons. The van der Waals surface area contributed by atoms with E-state index in [-0.39, 0.29) is 11.9 Å². The Labute approximate surface area is 164 Å². The first-order chi connectivity index (χ1) is 13.5. The van der Waals surface area contributed by atoms with Crippen molar-refractivity contribution >= 4 is 28.1 Å². The minimum atomic E-state index is -0.548. The molecule has 0 aliphatic rings. The lowest BCUT2D eigenvalue weighted by Crippen LogP contribution is -2.33. The topological polar surface area (TPSA) is 84.0 Å². The SMILES string of the molecule is CC(NC(=O)c1ccc2c(=O)n(-c3ccccc3)c(=O)[nH]c2c1)c1cccs1. The lowest BCUT2D eigenvalue weighted by Gasteiger charge is -2.13. The molecule has 7 heteroatoms. The van der Waals surface area contributed by atoms with Crippen molar-refractivity contribution in [1.29, 1.82) is 0 Å². The van der Waals surface area contributed by atoms with Crippen molar-refractivity contribution < 1.29 is 4.79 Å². The van der Waals surface area contributed by atoms with Crippen LogP contribution in [0.3, 0.4) is 0 Å². The van der Waals surface area contributed by atoms with E-state index in [1.807, 2.05) is 30.5 Å². The fourth-order valence-corrected chi connectivity index (χ4v) is 3.79. The van der Waals surface area contributed by atoms with Crippen molar-refractivity contribution in [1.82, 2.24) is 14.9 Å². The number of aromatic amines is 1. The number of aromatic nitrogens is 2. The Morgan fingerprint density at radius 3 is 2.57 bits per heavy atom. The van der Waals surface area contributed by atoms with Gasteiger partial charge < -0.3 is 10.3 Å². The van der Waals surface area contributed by atoms with Gasteiger partial charge in [-0.15, -0.1) is 11.3 Å². The zero-order valence-electron chi connectivity index (χ0n) is 15.0. The van der Waals surface area contributed by atoms with Gasteiger partial charge in [-0.1, -0.05) is 24.3 Å². The summed E-state index contributed by atoms with van der Waals surface area (Å²) in [5, 5.41) is 5.22. The summed E-state index contributed by atoms with van der Waals surface area (Å²) in [7, 11) is 0. The molecule has 4 aromatic rings. The van der Waals surface area contributed by atoms with Crippen molar-refractivity contribution in [3.05, 3.63) is 97.3 Å². The second-order valence-electron chi connectivity index (χ2n) is 6.38. The standard InChI is InChI=1S/C21H17N3O3S/c1-13(18-8-5-11-28-18)22-19(25)14-9-10-16-17(12-14)23-21(27)24(20(16)26)15-6-3-2-4-7-15/h2-13H,1H3,(H,22,25)(H,23,27). The van der Waals surface area contributed by atoms with Gasteiger partial charge in [0.1, 0.15) is 0 Å². The van der Waals surface area contributed by atoms with E-state index in [0.29, 0.717) is 22.2 Å². The maximum absolute atomic E-state index is 12.8. The van der Waals surface area contributed by atoms with Crippen LogP contribution in [0.5, 0.6) is 0 Å². The van der Waals surface area contributed by atoms with Crippen LogP contribution in [0, 0.1) is 0 Å². The molecule has 0 fully saturated rings. The number of benzene rings is 2. The number of hydrogen-bond acceptors (Lipinski definition) is 4. The van der Waals surface area contributed by atoms with Crippen LogP contribution in [-0.2, 0) is 0 Å². The molecule has 6 nitrogen and oxygen atoms in total. The molecule has 2 N–H and O–H groups in total. The van der Waals surface area contributed by atoms with Gasteiger partial charge in [0.05, 0.1) is 22.6 Å². The van der Waals surface area contributed by atoms with Gasteiger partial charge in [-0.3, -0.25) is 9.59 Å². The minimum absolute atomic E-state index is 0.131. The summed E-state index contributed by atoms with van der Waals surface area (Å²) in [5.41, 5.74) is 0.223. The number of amides is 1. The van der Waals surface area contributed by atoms with Gasteiger partial charge in [0, 0.05) is 10.4 Å². The average Bonchev–Trinajstić information content (AvgIpc) is 3.23. The summed E-state index contributed by atoms with van der Waals surface area (Å²) in [4.78, 5) is 41.6. The average molecular weight is 391 g/mol. The van der Waals surface area contributed by atoms with Gasteiger partial charge in [-0.25, -0.2) is 9.36 Å². The van der Waals surface area contributed by atoms with Crippen molar-refractivity contribution in [3.63, 3.8) is 0 Å². The quantitative estimate of drug-likeness (QED) is 0.560. The molecule has 0 bridgehead atoms. The summed E-state index contributed by atoms with van der Waals surface area (Å²) >= 11 is 1.57. The van der Waals surface area contributed by atoms with E-state index >= 15 is 0 Å². The summed E-state index contributed by atoms with van der Waals surface area (Å²) in [6.07, 6.45) is 0. The van der Waals surface area contributed by atoms with E-state index in [2.05, 4.69) is 10.3 Å². The van der Waals surface area contributed by atoms with Gasteiger partial charge in [0.2, 0.25) is 0 Å². The van der Waals surface area contributed by atoms with Crippen LogP contribution in [0.2, 0.25) is 0 Å². The van der Waals surface area contributed by atoms with E-state index in [1.54, 1.807) is 47.7 Å². The molecule has 1 amide bonds. The molecule has 0 aliphatic carbocycles. The molecule has 1 unspecified atom stereocenters. The number of fused-ring (bicyclic) bond motifs is 1. The Bertz CT molecular complexity index is 1260. The summed E-state index contributed by atoms with van der Waals surface area (Å²) in [6.45, 7) is 1.91. The number of carbonyl (C=O) groups is 1. The van der Waals surface area contributed by atoms with Crippen LogP contribution >= 0.6 is 11.3 Å². The first-order valence-electron chi connectivity index (χ1n) is 8.73. The third kappa shape index (κ3) is 3.27. The predicted octanol–water partition coefficient (Wildman–Crippen LogP) is 3.23. The lowest BCUT2D eigenvalue weighted by molar-refractivity contribution is 0.0940. The molecule has 0 saturated heterocycles. The highest BCUT2D eigenvalue weighted by molar-refractivity contribution is 7.10. The van der Waals surface area contributed by atoms with Crippen LogP contribution in [0.1, 0.15) is 28.2 Å². The second-order valence-corrected chi connectivity index (χ2v) is 7.36. The van der Waals surface area contributed by atoms with Crippen molar-refractivity contribution in [2.24, 2.45) is 0 Å². The van der Waals surface area contributed by atoms with Crippen LogP contribution < -0.4 is 16.6 Å². The highest BCUT2D eigenvalue weighted by Crippen LogP contribution is 2.19. The maximum atomic E-state index is 12.8. The molecule has 0 aliphatic heterocycles. The number of nitrogens with zero attached hydrogens (tertiary/aromatic N) is 1. The highest BCUT2D eigenvalue weighted by Gasteiger charge is 2.15. The van der Waals surface area contributed by atoms with E-state index in [4.69, 9.17) is 0 Å². The van der Waals surface area contributed by atoms with Gasteiger partial charge in [0.25, 0.3) is 11.5 Å². The van der Waals surface area contributed by atoms with E-state index < -0.39 is 11.2 Å². The monoisotopic (exact) mass is 391 g/mol. The molecule has 1 atom stereocenters. The predicted molar refractivity (Wildman–Crippen MR) is 110 cm³/mol. The van der Waals surface area contributed by atoms with Crippen LogP contribution in [0.15, 0.2) is 75.6 Å². The largest absolute Gasteiger partial charge is 0.345 e. The Balaban J connectivity index is 1.71. The summed E-state index contributed by atoms with van der Waals surface area (Å²) in [6, 6.07) is 17.2. The Morgan fingerprint density at radius 2 is 1.86 bits per heavy atom. The van der Waals surface area contributed by atoms with Crippen LogP contribution in [0.25, 0.3) is 16.6 Å². The Morgan fingerprint density at radius 1 is 1.07 bits per heavy atom. The molecule has 2 aromatic carbocycles. The number of thiophene rings is 1. The maximum Gasteiger partial charge on any atom is 0.333 e. The van der Waals surface area contributed by atoms with E-state index in [9.17, 15) is 14.4 Å². The fourth-order valence-electron chi connectivity index (χ4n) is 3.06. The molecule has 28 heavy (non-hydrogen) atoms. The molecule has 4 rings (SSSR count). The summed E-state index contributed by atoms with van der Waals surface area (Å²) < 4.78 is 1.08. The molecule has 0 radical (unpaired) electrons. The van der Waals surface area contributed by atoms with E-state index in [0.717, 1.165) is 9.44 Å². The number of para-hydroxylation sites is 1. The summed E-state index contributed by atoms with van der Waals surface area (Å²) in [5.74, 6) is -0.268. The number of hydrogen-bond donors (Lipinski definition) is 2. The van der Waals surface area contributed by atoms with Gasteiger partial charge in [-0.05, 0) is 48.7 Å². The molecule has 2 aromatic heterocycles. The Kier molecular flexibility index (Phi) is 4.67. The normalized spacial score (nSPS) is 12.0. The number of H-pyrrole nitrogens is 1. The lowest BCUT2D eigenvalue weighted by atomic mass is 10.1. The highest BCUT2D eigenvalue weighted by atomic mass is 32.1. The zero-order chi connectivity index (χ0) is 19.7. The van der Waals surface area contributed by atoms with E-state index in [1.165, 1.54) is 6.07 Å². The van der Waals surface area contributed by atoms with Gasteiger partial charge in [-0.2, -0.15) is 0 Å². The third-order valence-electron chi connectivity index (χ3n) is 4.49. The minimum Gasteiger partial charge on any atom is -0.345 e.